The molecule has 0 heterocycles. The maximum absolute atomic E-state index is 12.2. The van der Waals surface area contributed by atoms with Crippen molar-refractivity contribution in [1.82, 2.24) is 4.90 Å². The Morgan fingerprint density at radius 1 is 1.33 bits per heavy atom. The van der Waals surface area contributed by atoms with E-state index < -0.39 is 5.97 Å². The number of carboxylic acids is 1. The molecule has 1 rings (SSSR count). The molecule has 1 aromatic carbocycles. The number of carboxylic acid groups (broad SMARTS) is 1. The van der Waals surface area contributed by atoms with Crippen LogP contribution in [0.1, 0.15) is 18.9 Å². The number of carbonyl (C=O) groups is 2. The van der Waals surface area contributed by atoms with Gasteiger partial charge in [0.1, 0.15) is 0 Å². The van der Waals surface area contributed by atoms with Gasteiger partial charge >= 0.3 is 12.0 Å². The number of nitrogens with one attached hydrogen (secondary N) is 1. The van der Waals surface area contributed by atoms with Crippen LogP contribution >= 0.6 is 0 Å². The number of rotatable bonds is 8. The monoisotopic (exact) mass is 294 g/mol. The van der Waals surface area contributed by atoms with E-state index in [2.05, 4.69) is 5.32 Å². The molecule has 0 aliphatic rings. The number of ether oxygens (including phenoxy) is 1. The molecule has 0 aliphatic heterocycles. The van der Waals surface area contributed by atoms with Crippen LogP contribution in [0.2, 0.25) is 0 Å². The van der Waals surface area contributed by atoms with Gasteiger partial charge in [0.15, 0.2) is 0 Å². The molecule has 0 aromatic heterocycles. The highest BCUT2D eigenvalue weighted by Crippen LogP contribution is 2.16. The van der Waals surface area contributed by atoms with Crippen LogP contribution in [0.5, 0.6) is 0 Å². The summed E-state index contributed by atoms with van der Waals surface area (Å²) in [6, 6.07) is 7.22. The van der Waals surface area contributed by atoms with Crippen LogP contribution in [0, 0.1) is 0 Å². The van der Waals surface area contributed by atoms with E-state index in [1.807, 2.05) is 31.2 Å². The third-order valence-corrected chi connectivity index (χ3v) is 3.10. The van der Waals surface area contributed by atoms with Gasteiger partial charge in [-0.2, -0.15) is 0 Å². The Bertz CT molecular complexity index is 476. The molecule has 0 saturated heterocycles. The zero-order valence-electron chi connectivity index (χ0n) is 12.5. The molecule has 0 fully saturated rings. The van der Waals surface area contributed by atoms with Crippen molar-refractivity contribution in [3.63, 3.8) is 0 Å². The number of urea groups is 1. The Hall–Kier alpha value is -2.08. The largest absolute Gasteiger partial charge is 0.481 e. The minimum absolute atomic E-state index is 0.0629. The fourth-order valence-electron chi connectivity index (χ4n) is 1.90. The number of carbonyl (C=O) groups excluding carboxylic acids is 1. The average molecular weight is 294 g/mol. The molecule has 1 aromatic rings. The molecular weight excluding hydrogens is 272 g/mol. The molecular formula is C15H22N2O4. The SMILES string of the molecule is CCN(CCC(=O)O)C(=O)Nc1ccccc1CCOC. The molecule has 0 radical (unpaired) electrons. The van der Waals surface area contributed by atoms with Gasteiger partial charge in [0.2, 0.25) is 0 Å². The van der Waals surface area contributed by atoms with Crippen LogP contribution in [-0.2, 0) is 16.0 Å². The van der Waals surface area contributed by atoms with Gasteiger partial charge in [0, 0.05) is 25.9 Å². The zero-order chi connectivity index (χ0) is 15.7. The lowest BCUT2D eigenvalue weighted by molar-refractivity contribution is -0.137. The normalized spacial score (nSPS) is 10.2. The lowest BCUT2D eigenvalue weighted by Gasteiger charge is -2.21. The van der Waals surface area contributed by atoms with Crippen molar-refractivity contribution in [2.24, 2.45) is 0 Å². The van der Waals surface area contributed by atoms with E-state index in [-0.39, 0.29) is 19.0 Å². The fourth-order valence-corrected chi connectivity index (χ4v) is 1.90. The predicted molar refractivity (Wildman–Crippen MR) is 80.5 cm³/mol. The molecule has 0 unspecified atom stereocenters. The standard InChI is InChI=1S/C15H22N2O4/c1-3-17(10-8-14(18)19)15(20)16-13-7-5-4-6-12(13)9-11-21-2/h4-7H,3,8-11H2,1-2H3,(H,16,20)(H,18,19). The molecule has 0 atom stereocenters. The smallest absolute Gasteiger partial charge is 0.321 e. The summed E-state index contributed by atoms with van der Waals surface area (Å²) in [5, 5.41) is 11.5. The number of methoxy groups -OCH3 is 1. The zero-order valence-corrected chi connectivity index (χ0v) is 12.5. The van der Waals surface area contributed by atoms with Crippen LogP contribution in [0.4, 0.5) is 10.5 Å². The van der Waals surface area contributed by atoms with Gasteiger partial charge < -0.3 is 20.1 Å². The third-order valence-electron chi connectivity index (χ3n) is 3.10. The molecule has 0 bridgehead atoms. The molecule has 116 valence electrons. The van der Waals surface area contributed by atoms with Crippen LogP contribution in [0.25, 0.3) is 0 Å². The van der Waals surface area contributed by atoms with Gasteiger partial charge in [0.25, 0.3) is 0 Å². The molecule has 2 N–H and O–H groups in total. The van der Waals surface area contributed by atoms with Crippen LogP contribution in [-0.4, -0.2) is 48.8 Å². The second-order valence-corrected chi connectivity index (χ2v) is 4.55. The molecule has 6 heteroatoms. The number of amides is 2. The minimum atomic E-state index is -0.915. The Balaban J connectivity index is 2.69. The van der Waals surface area contributed by atoms with Gasteiger partial charge in [-0.15, -0.1) is 0 Å². The van der Waals surface area contributed by atoms with Gasteiger partial charge in [-0.3, -0.25) is 4.79 Å². The summed E-state index contributed by atoms with van der Waals surface area (Å²) in [6.45, 7) is 3.04. The third kappa shape index (κ3) is 5.83. The summed E-state index contributed by atoms with van der Waals surface area (Å²) in [7, 11) is 1.63. The molecule has 21 heavy (non-hydrogen) atoms. The maximum Gasteiger partial charge on any atom is 0.321 e. The van der Waals surface area contributed by atoms with Crippen molar-refractivity contribution < 1.29 is 19.4 Å². The number of anilines is 1. The first-order chi connectivity index (χ1) is 10.1. The fraction of sp³-hybridized carbons (Fsp3) is 0.467. The van der Waals surface area contributed by atoms with Gasteiger partial charge in [-0.25, -0.2) is 4.79 Å². The highest BCUT2D eigenvalue weighted by Gasteiger charge is 2.14. The summed E-state index contributed by atoms with van der Waals surface area (Å²) in [6.07, 6.45) is 0.640. The van der Waals surface area contributed by atoms with E-state index in [0.29, 0.717) is 19.6 Å². The van der Waals surface area contributed by atoms with Crippen LogP contribution in [0.3, 0.4) is 0 Å². The van der Waals surface area contributed by atoms with Gasteiger partial charge in [0.05, 0.1) is 13.0 Å². The Kier molecular flexibility index (Phi) is 7.25. The lowest BCUT2D eigenvalue weighted by Crippen LogP contribution is -2.36. The summed E-state index contributed by atoms with van der Waals surface area (Å²) in [5.41, 5.74) is 1.72. The van der Waals surface area contributed by atoms with E-state index in [4.69, 9.17) is 9.84 Å². The number of para-hydroxylation sites is 1. The first kappa shape index (κ1) is 17.0. The van der Waals surface area contributed by atoms with E-state index in [1.54, 1.807) is 7.11 Å². The van der Waals surface area contributed by atoms with Crippen molar-refractivity contribution in [3.8, 4) is 0 Å². The van der Waals surface area contributed by atoms with E-state index >= 15 is 0 Å². The number of benzene rings is 1. The highest BCUT2D eigenvalue weighted by molar-refractivity contribution is 5.90. The number of nitrogens with zero attached hydrogens (tertiary/aromatic N) is 1. The molecule has 6 nitrogen and oxygen atoms in total. The highest BCUT2D eigenvalue weighted by atomic mass is 16.5. The lowest BCUT2D eigenvalue weighted by atomic mass is 10.1. The van der Waals surface area contributed by atoms with E-state index in [1.165, 1.54) is 4.90 Å². The second-order valence-electron chi connectivity index (χ2n) is 4.55. The number of hydrogen-bond acceptors (Lipinski definition) is 3. The molecule has 0 aliphatic carbocycles. The minimum Gasteiger partial charge on any atom is -0.481 e. The molecule has 2 amide bonds. The number of aliphatic carboxylic acids is 1. The quantitative estimate of drug-likeness (QED) is 0.770. The van der Waals surface area contributed by atoms with Crippen molar-refractivity contribution >= 4 is 17.7 Å². The first-order valence-corrected chi connectivity index (χ1v) is 6.93. The Morgan fingerprint density at radius 3 is 2.67 bits per heavy atom. The summed E-state index contributed by atoms with van der Waals surface area (Å²) >= 11 is 0. The predicted octanol–water partition coefficient (Wildman–Crippen LogP) is 2.20. The molecule has 0 spiro atoms. The Labute approximate surface area is 124 Å². The van der Waals surface area contributed by atoms with E-state index in [9.17, 15) is 9.59 Å². The maximum atomic E-state index is 12.2. The summed E-state index contributed by atoms with van der Waals surface area (Å²) in [4.78, 5) is 24.2. The molecule has 0 saturated carbocycles. The summed E-state index contributed by atoms with van der Waals surface area (Å²) < 4.78 is 5.05. The van der Waals surface area contributed by atoms with Crippen molar-refractivity contribution in [1.29, 1.82) is 0 Å². The second kappa shape index (κ2) is 8.97. The van der Waals surface area contributed by atoms with Crippen molar-refractivity contribution in [2.75, 3.05) is 32.1 Å². The average Bonchev–Trinajstić information content (AvgIpc) is 2.46. The van der Waals surface area contributed by atoms with Crippen molar-refractivity contribution in [3.05, 3.63) is 29.8 Å². The topological polar surface area (TPSA) is 78.9 Å². The van der Waals surface area contributed by atoms with Crippen molar-refractivity contribution in [2.45, 2.75) is 19.8 Å². The first-order valence-electron chi connectivity index (χ1n) is 6.93. The van der Waals surface area contributed by atoms with E-state index in [0.717, 1.165) is 11.3 Å². The summed E-state index contributed by atoms with van der Waals surface area (Å²) in [5.74, 6) is -0.915. The van der Waals surface area contributed by atoms with Crippen LogP contribution in [0.15, 0.2) is 24.3 Å². The van der Waals surface area contributed by atoms with Gasteiger partial charge in [-0.1, -0.05) is 18.2 Å². The Morgan fingerprint density at radius 2 is 2.05 bits per heavy atom. The van der Waals surface area contributed by atoms with Crippen LogP contribution < -0.4 is 5.32 Å². The number of hydrogen-bond donors (Lipinski definition) is 2. The van der Waals surface area contributed by atoms with Gasteiger partial charge in [-0.05, 0) is 25.0 Å².